The smallest absolute Gasteiger partial charge is 0.0580 e. The first-order valence-corrected chi connectivity index (χ1v) is 7.94. The number of fused-ring (bicyclic) bond motifs is 1. The van der Waals surface area contributed by atoms with Gasteiger partial charge in [-0.2, -0.15) is 0 Å². The van der Waals surface area contributed by atoms with Crippen molar-refractivity contribution in [3.63, 3.8) is 0 Å². The van der Waals surface area contributed by atoms with Gasteiger partial charge in [0.05, 0.1) is 5.02 Å². The molecule has 0 radical (unpaired) electrons. The molecule has 22 heavy (non-hydrogen) atoms. The van der Waals surface area contributed by atoms with Crippen LogP contribution >= 0.6 is 11.6 Å². The summed E-state index contributed by atoms with van der Waals surface area (Å²) in [5, 5.41) is 2.00. The number of hydrogen-bond acceptors (Lipinski definition) is 1. The van der Waals surface area contributed by atoms with Crippen LogP contribution in [-0.4, -0.2) is 30.5 Å². The van der Waals surface area contributed by atoms with Crippen molar-refractivity contribution in [2.24, 2.45) is 0 Å². The van der Waals surface area contributed by atoms with Crippen molar-refractivity contribution in [2.45, 2.75) is 13.3 Å². The number of aryl methyl sites for hydroxylation is 1. The highest BCUT2D eigenvalue weighted by Crippen LogP contribution is 2.36. The van der Waals surface area contributed by atoms with Crippen molar-refractivity contribution in [3.8, 4) is 11.1 Å². The van der Waals surface area contributed by atoms with Gasteiger partial charge in [-0.05, 0) is 44.6 Å². The Morgan fingerprint density at radius 1 is 1.05 bits per heavy atom. The van der Waals surface area contributed by atoms with Crippen molar-refractivity contribution in [2.75, 3.05) is 20.6 Å². The highest BCUT2D eigenvalue weighted by atomic mass is 35.5. The lowest BCUT2D eigenvalue weighted by Gasteiger charge is -2.10. The molecule has 1 N–H and O–H groups in total. The maximum absolute atomic E-state index is 6.74. The van der Waals surface area contributed by atoms with Gasteiger partial charge in [0.2, 0.25) is 0 Å². The first-order chi connectivity index (χ1) is 10.6. The first kappa shape index (κ1) is 15.1. The van der Waals surface area contributed by atoms with Gasteiger partial charge in [-0.3, -0.25) is 0 Å². The minimum Gasteiger partial charge on any atom is -0.361 e. The molecule has 0 unspecified atom stereocenters. The van der Waals surface area contributed by atoms with E-state index in [4.69, 9.17) is 11.6 Å². The normalized spacial score (nSPS) is 11.5. The van der Waals surface area contributed by atoms with Crippen LogP contribution in [0.2, 0.25) is 5.02 Å². The van der Waals surface area contributed by atoms with Crippen molar-refractivity contribution >= 4 is 22.5 Å². The van der Waals surface area contributed by atoms with E-state index in [0.717, 1.165) is 40.0 Å². The van der Waals surface area contributed by atoms with E-state index in [1.807, 2.05) is 0 Å². The summed E-state index contributed by atoms with van der Waals surface area (Å²) >= 11 is 6.74. The van der Waals surface area contributed by atoms with Gasteiger partial charge in [-0.15, -0.1) is 0 Å². The first-order valence-electron chi connectivity index (χ1n) is 7.56. The molecule has 2 aromatic carbocycles. The van der Waals surface area contributed by atoms with E-state index in [9.17, 15) is 0 Å². The third-order valence-electron chi connectivity index (χ3n) is 4.06. The molecule has 0 bridgehead atoms. The number of likely N-dealkylation sites (N-methyl/N-ethyl adjacent to an activating group) is 1. The van der Waals surface area contributed by atoms with E-state index in [1.165, 1.54) is 11.1 Å². The average Bonchev–Trinajstić information content (AvgIpc) is 2.91. The van der Waals surface area contributed by atoms with Gasteiger partial charge in [0, 0.05) is 29.2 Å². The van der Waals surface area contributed by atoms with Crippen molar-refractivity contribution < 1.29 is 0 Å². The van der Waals surface area contributed by atoms with E-state index < -0.39 is 0 Å². The number of nitrogens with one attached hydrogen (secondary N) is 1. The number of benzene rings is 2. The standard InChI is InChI=1S/C19H21ClN2/c1-13-4-6-14(7-5-13)16-8-9-17-18(19(16)20)15(12-21-17)10-11-22(2)3/h4-9,12,21H,10-11H2,1-3H3. The monoisotopic (exact) mass is 312 g/mol. The largest absolute Gasteiger partial charge is 0.361 e. The lowest BCUT2D eigenvalue weighted by atomic mass is 10.0. The molecule has 2 nitrogen and oxygen atoms in total. The van der Waals surface area contributed by atoms with Gasteiger partial charge in [0.1, 0.15) is 0 Å². The molecule has 1 heterocycles. The summed E-state index contributed by atoms with van der Waals surface area (Å²) in [6.07, 6.45) is 3.07. The topological polar surface area (TPSA) is 19.0 Å². The molecular formula is C19H21ClN2. The number of aromatic nitrogens is 1. The summed E-state index contributed by atoms with van der Waals surface area (Å²) in [5.74, 6) is 0. The second kappa shape index (κ2) is 6.15. The third kappa shape index (κ3) is 2.90. The number of rotatable bonds is 4. The lowest BCUT2D eigenvalue weighted by molar-refractivity contribution is 0.414. The van der Waals surface area contributed by atoms with Crippen LogP contribution < -0.4 is 0 Å². The van der Waals surface area contributed by atoms with Crippen molar-refractivity contribution in [1.29, 1.82) is 0 Å². The molecule has 3 rings (SSSR count). The molecule has 1 aromatic heterocycles. The number of nitrogens with zero attached hydrogens (tertiary/aromatic N) is 1. The van der Waals surface area contributed by atoms with Crippen LogP contribution in [0.3, 0.4) is 0 Å². The molecule has 0 saturated heterocycles. The van der Waals surface area contributed by atoms with Crippen LogP contribution in [0.15, 0.2) is 42.6 Å². The minimum absolute atomic E-state index is 0.844. The summed E-state index contributed by atoms with van der Waals surface area (Å²) < 4.78 is 0. The average molecular weight is 313 g/mol. The summed E-state index contributed by atoms with van der Waals surface area (Å²) in [6.45, 7) is 3.11. The van der Waals surface area contributed by atoms with Crippen molar-refractivity contribution in [3.05, 3.63) is 58.7 Å². The molecule has 0 fully saturated rings. The zero-order valence-electron chi connectivity index (χ0n) is 13.3. The summed E-state index contributed by atoms with van der Waals surface area (Å²) in [6, 6.07) is 12.7. The number of halogens is 1. The Balaban J connectivity index is 2.07. The van der Waals surface area contributed by atoms with Crippen LogP contribution in [0.4, 0.5) is 0 Å². The highest BCUT2D eigenvalue weighted by molar-refractivity contribution is 6.38. The Kier molecular flexibility index (Phi) is 4.23. The molecule has 0 spiro atoms. The third-order valence-corrected chi connectivity index (χ3v) is 4.45. The Hall–Kier alpha value is -1.77. The van der Waals surface area contributed by atoms with Crippen molar-refractivity contribution in [1.82, 2.24) is 9.88 Å². The molecular weight excluding hydrogens is 292 g/mol. The van der Waals surface area contributed by atoms with E-state index in [0.29, 0.717) is 0 Å². The quantitative estimate of drug-likeness (QED) is 0.726. The van der Waals surface area contributed by atoms with E-state index in [1.54, 1.807) is 0 Å². The van der Waals surface area contributed by atoms with Crippen LogP contribution in [0, 0.1) is 6.92 Å². The number of hydrogen-bond donors (Lipinski definition) is 1. The fourth-order valence-electron chi connectivity index (χ4n) is 2.74. The molecule has 114 valence electrons. The Morgan fingerprint density at radius 3 is 2.45 bits per heavy atom. The van der Waals surface area contributed by atoms with E-state index in [-0.39, 0.29) is 0 Å². The van der Waals surface area contributed by atoms with Crippen LogP contribution in [0.1, 0.15) is 11.1 Å². The van der Waals surface area contributed by atoms with Crippen LogP contribution in [0.5, 0.6) is 0 Å². The Morgan fingerprint density at radius 2 is 1.77 bits per heavy atom. The van der Waals surface area contributed by atoms with Gasteiger partial charge in [0.25, 0.3) is 0 Å². The zero-order chi connectivity index (χ0) is 15.7. The van der Waals surface area contributed by atoms with E-state index >= 15 is 0 Å². The zero-order valence-corrected chi connectivity index (χ0v) is 14.0. The predicted octanol–water partition coefficient (Wildman–Crippen LogP) is 4.90. The van der Waals surface area contributed by atoms with Gasteiger partial charge in [-0.25, -0.2) is 0 Å². The SMILES string of the molecule is Cc1ccc(-c2ccc3[nH]cc(CCN(C)C)c3c2Cl)cc1. The molecule has 3 aromatic rings. The van der Waals surface area contributed by atoms with Crippen LogP contribution in [-0.2, 0) is 6.42 Å². The second-order valence-electron chi connectivity index (χ2n) is 6.08. The predicted molar refractivity (Wildman–Crippen MR) is 95.7 cm³/mol. The lowest BCUT2D eigenvalue weighted by Crippen LogP contribution is -2.14. The molecule has 0 atom stereocenters. The highest BCUT2D eigenvalue weighted by Gasteiger charge is 2.12. The fourth-order valence-corrected chi connectivity index (χ4v) is 3.14. The Bertz CT molecular complexity index is 785. The summed E-state index contributed by atoms with van der Waals surface area (Å²) in [7, 11) is 4.18. The van der Waals surface area contributed by atoms with Gasteiger partial charge < -0.3 is 9.88 Å². The Labute approximate surface area is 136 Å². The molecule has 0 amide bonds. The summed E-state index contributed by atoms with van der Waals surface area (Å²) in [4.78, 5) is 5.53. The van der Waals surface area contributed by atoms with Gasteiger partial charge in [0.15, 0.2) is 0 Å². The maximum Gasteiger partial charge on any atom is 0.0580 e. The van der Waals surface area contributed by atoms with E-state index in [2.05, 4.69) is 73.5 Å². The molecule has 0 saturated carbocycles. The number of H-pyrrole nitrogens is 1. The van der Waals surface area contributed by atoms with Gasteiger partial charge >= 0.3 is 0 Å². The maximum atomic E-state index is 6.74. The molecule has 0 aliphatic heterocycles. The molecule has 0 aliphatic rings. The van der Waals surface area contributed by atoms with Gasteiger partial charge in [-0.1, -0.05) is 47.5 Å². The second-order valence-corrected chi connectivity index (χ2v) is 6.46. The molecule has 3 heteroatoms. The summed E-state index contributed by atoms with van der Waals surface area (Å²) in [5.41, 5.74) is 5.91. The molecule has 0 aliphatic carbocycles. The van der Waals surface area contributed by atoms with Crippen LogP contribution in [0.25, 0.3) is 22.0 Å². The minimum atomic E-state index is 0.844. The fraction of sp³-hybridized carbons (Fsp3) is 0.263. The number of aromatic amines is 1.